The van der Waals surface area contributed by atoms with Gasteiger partial charge in [0.1, 0.15) is 0 Å². The average molecular weight is 303 g/mol. The van der Waals surface area contributed by atoms with Gasteiger partial charge < -0.3 is 4.74 Å². The third-order valence-corrected chi connectivity index (χ3v) is 4.28. The van der Waals surface area contributed by atoms with Crippen LogP contribution in [0.25, 0.3) is 0 Å². The van der Waals surface area contributed by atoms with Crippen LogP contribution in [0.2, 0.25) is 10.0 Å². The van der Waals surface area contributed by atoms with Crippen molar-refractivity contribution in [2.24, 2.45) is 11.8 Å². The van der Waals surface area contributed by atoms with E-state index in [0.717, 1.165) is 31.4 Å². The molecular formula is C14H20Cl2N2O. The summed E-state index contributed by atoms with van der Waals surface area (Å²) >= 11 is 12.2. The highest BCUT2D eigenvalue weighted by Crippen LogP contribution is 2.38. The number of rotatable bonds is 6. The molecule has 0 amide bonds. The second kappa shape index (κ2) is 6.91. The molecule has 19 heavy (non-hydrogen) atoms. The molecule has 1 saturated carbocycles. The first kappa shape index (κ1) is 15.1. The van der Waals surface area contributed by atoms with Gasteiger partial charge in [0.15, 0.2) is 0 Å². The summed E-state index contributed by atoms with van der Waals surface area (Å²) in [6, 6.07) is 5.52. The number of benzene rings is 1. The van der Waals surface area contributed by atoms with E-state index < -0.39 is 0 Å². The van der Waals surface area contributed by atoms with Crippen molar-refractivity contribution in [2.45, 2.75) is 38.3 Å². The Morgan fingerprint density at radius 1 is 1.42 bits per heavy atom. The lowest BCUT2D eigenvalue weighted by Crippen LogP contribution is -2.36. The summed E-state index contributed by atoms with van der Waals surface area (Å²) in [7, 11) is 0. The van der Waals surface area contributed by atoms with Gasteiger partial charge >= 0.3 is 0 Å². The first-order valence-corrected chi connectivity index (χ1v) is 7.42. The molecule has 0 bridgehead atoms. The van der Waals surface area contributed by atoms with E-state index in [9.17, 15) is 0 Å². The highest BCUT2D eigenvalue weighted by atomic mass is 35.5. The Kier molecular flexibility index (Phi) is 5.48. The Labute approximate surface area is 124 Å². The molecule has 0 aromatic heterocycles. The van der Waals surface area contributed by atoms with E-state index in [1.54, 1.807) is 6.07 Å². The largest absolute Gasteiger partial charge is 0.378 e. The molecule has 0 spiro atoms. The number of nitrogens with two attached hydrogens (primary N) is 1. The summed E-state index contributed by atoms with van der Waals surface area (Å²) in [6.45, 7) is 2.82. The van der Waals surface area contributed by atoms with Crippen LogP contribution in [-0.2, 0) is 4.74 Å². The maximum Gasteiger partial charge on any atom is 0.0580 e. The van der Waals surface area contributed by atoms with Crippen molar-refractivity contribution >= 4 is 23.2 Å². The van der Waals surface area contributed by atoms with Crippen molar-refractivity contribution in [2.75, 3.05) is 6.61 Å². The molecule has 0 aliphatic heterocycles. The summed E-state index contributed by atoms with van der Waals surface area (Å²) in [5.41, 5.74) is 3.82. The molecule has 3 N–H and O–H groups in total. The monoisotopic (exact) mass is 302 g/mol. The van der Waals surface area contributed by atoms with Gasteiger partial charge in [0.05, 0.1) is 6.10 Å². The van der Waals surface area contributed by atoms with Crippen molar-refractivity contribution in [1.29, 1.82) is 0 Å². The highest BCUT2D eigenvalue weighted by Gasteiger charge is 2.32. The normalized spacial score (nSPS) is 24.0. The average Bonchev–Trinajstić information content (AvgIpc) is 2.35. The SMILES string of the molecule is CCOC1CC(CC(NN)c2cc(Cl)ccc2Cl)C1. The van der Waals surface area contributed by atoms with Gasteiger partial charge in [-0.2, -0.15) is 0 Å². The minimum absolute atomic E-state index is 0.0405. The molecule has 106 valence electrons. The fourth-order valence-corrected chi connectivity index (χ4v) is 3.07. The second-order valence-electron chi connectivity index (χ2n) is 5.04. The van der Waals surface area contributed by atoms with Gasteiger partial charge in [-0.25, -0.2) is 0 Å². The van der Waals surface area contributed by atoms with Gasteiger partial charge in [0.25, 0.3) is 0 Å². The quantitative estimate of drug-likeness (QED) is 0.622. The molecule has 1 atom stereocenters. The first-order chi connectivity index (χ1) is 9.13. The molecule has 1 aliphatic carbocycles. The predicted octanol–water partition coefficient (Wildman–Crippen LogP) is 3.70. The third-order valence-electron chi connectivity index (χ3n) is 3.70. The van der Waals surface area contributed by atoms with Gasteiger partial charge in [-0.3, -0.25) is 11.3 Å². The van der Waals surface area contributed by atoms with E-state index in [1.807, 2.05) is 19.1 Å². The topological polar surface area (TPSA) is 47.3 Å². The Morgan fingerprint density at radius 3 is 2.79 bits per heavy atom. The van der Waals surface area contributed by atoms with Gasteiger partial charge in [-0.1, -0.05) is 23.2 Å². The summed E-state index contributed by atoms with van der Waals surface area (Å²) in [4.78, 5) is 0. The van der Waals surface area contributed by atoms with Crippen molar-refractivity contribution < 1.29 is 4.74 Å². The molecular weight excluding hydrogens is 283 g/mol. The zero-order valence-corrected chi connectivity index (χ0v) is 12.5. The lowest BCUT2D eigenvalue weighted by Gasteiger charge is -2.37. The van der Waals surface area contributed by atoms with E-state index in [0.29, 0.717) is 22.1 Å². The fraction of sp³-hybridized carbons (Fsp3) is 0.571. The number of hydrogen-bond donors (Lipinski definition) is 2. The molecule has 2 rings (SSSR count). The molecule has 0 radical (unpaired) electrons. The zero-order valence-electron chi connectivity index (χ0n) is 11.0. The van der Waals surface area contributed by atoms with Crippen LogP contribution >= 0.6 is 23.2 Å². The maximum absolute atomic E-state index is 6.21. The van der Waals surface area contributed by atoms with Crippen LogP contribution in [0, 0.1) is 5.92 Å². The van der Waals surface area contributed by atoms with Crippen LogP contribution in [-0.4, -0.2) is 12.7 Å². The molecule has 5 heteroatoms. The third kappa shape index (κ3) is 3.83. The van der Waals surface area contributed by atoms with Gasteiger partial charge in [0, 0.05) is 22.7 Å². The number of nitrogens with one attached hydrogen (secondary N) is 1. The van der Waals surface area contributed by atoms with Crippen LogP contribution in [0.5, 0.6) is 0 Å². The van der Waals surface area contributed by atoms with E-state index >= 15 is 0 Å². The van der Waals surface area contributed by atoms with Gasteiger partial charge in [0.2, 0.25) is 0 Å². The van der Waals surface area contributed by atoms with Crippen molar-refractivity contribution in [3.05, 3.63) is 33.8 Å². The second-order valence-corrected chi connectivity index (χ2v) is 5.88. The van der Waals surface area contributed by atoms with E-state index in [-0.39, 0.29) is 6.04 Å². The number of halogens is 2. The summed E-state index contributed by atoms with van der Waals surface area (Å²) < 4.78 is 5.57. The molecule has 0 heterocycles. The Bertz CT molecular complexity index is 422. The van der Waals surface area contributed by atoms with Gasteiger partial charge in [-0.15, -0.1) is 0 Å². The molecule has 1 aromatic carbocycles. The predicted molar refractivity (Wildman–Crippen MR) is 79.3 cm³/mol. The Morgan fingerprint density at radius 2 is 2.16 bits per heavy atom. The van der Waals surface area contributed by atoms with Crippen LogP contribution in [0.3, 0.4) is 0 Å². The fourth-order valence-electron chi connectivity index (χ4n) is 2.64. The molecule has 0 saturated heterocycles. The molecule has 1 fully saturated rings. The maximum atomic E-state index is 6.21. The van der Waals surface area contributed by atoms with Crippen LogP contribution < -0.4 is 11.3 Å². The molecule has 1 aromatic rings. The lowest BCUT2D eigenvalue weighted by molar-refractivity contribution is -0.0291. The Hall–Kier alpha value is -0.320. The van der Waals surface area contributed by atoms with Crippen LogP contribution in [0.15, 0.2) is 18.2 Å². The minimum Gasteiger partial charge on any atom is -0.378 e. The molecule has 1 aliphatic rings. The van der Waals surface area contributed by atoms with E-state index in [1.165, 1.54) is 0 Å². The lowest BCUT2D eigenvalue weighted by atomic mass is 9.77. The highest BCUT2D eigenvalue weighted by molar-refractivity contribution is 6.33. The van der Waals surface area contributed by atoms with Gasteiger partial charge in [-0.05, 0) is 55.9 Å². The van der Waals surface area contributed by atoms with Crippen molar-refractivity contribution in [1.82, 2.24) is 5.43 Å². The van der Waals surface area contributed by atoms with Crippen LogP contribution in [0.4, 0.5) is 0 Å². The molecule has 3 nitrogen and oxygen atoms in total. The standard InChI is InChI=1S/C14H20Cl2N2O/c1-2-19-11-5-9(6-11)7-14(18-17)12-8-10(15)3-4-13(12)16/h3-4,8-9,11,14,18H,2,5-7,17H2,1H3. The Balaban J connectivity index is 1.95. The number of hydrazine groups is 1. The summed E-state index contributed by atoms with van der Waals surface area (Å²) in [6.07, 6.45) is 3.58. The van der Waals surface area contributed by atoms with Crippen molar-refractivity contribution in [3.8, 4) is 0 Å². The smallest absolute Gasteiger partial charge is 0.0580 e. The number of ether oxygens (including phenoxy) is 1. The summed E-state index contributed by atoms with van der Waals surface area (Å²) in [5.74, 6) is 6.29. The summed E-state index contributed by atoms with van der Waals surface area (Å²) in [5, 5.41) is 1.38. The first-order valence-electron chi connectivity index (χ1n) is 6.66. The number of hydrogen-bond acceptors (Lipinski definition) is 3. The van der Waals surface area contributed by atoms with E-state index in [2.05, 4.69) is 5.43 Å². The minimum atomic E-state index is 0.0405. The van der Waals surface area contributed by atoms with E-state index in [4.69, 9.17) is 33.8 Å². The van der Waals surface area contributed by atoms with Crippen LogP contribution in [0.1, 0.15) is 37.8 Å². The zero-order chi connectivity index (χ0) is 13.8. The molecule has 1 unspecified atom stereocenters. The van der Waals surface area contributed by atoms with Crippen molar-refractivity contribution in [3.63, 3.8) is 0 Å².